The van der Waals surface area contributed by atoms with Gasteiger partial charge in [0.1, 0.15) is 0 Å². The first-order chi connectivity index (χ1) is 16.9. The summed E-state index contributed by atoms with van der Waals surface area (Å²) in [6.07, 6.45) is 3.26. The van der Waals surface area contributed by atoms with E-state index >= 15 is 0 Å². The number of likely N-dealkylation sites (N-methyl/N-ethyl adjacent to an activating group) is 1. The molecule has 0 amide bonds. The zero-order chi connectivity index (χ0) is 24.6. The molecule has 2 aromatic carbocycles. The third-order valence-electron chi connectivity index (χ3n) is 6.45. The molecule has 1 aliphatic rings. The number of para-hydroxylation sites is 2. The van der Waals surface area contributed by atoms with E-state index in [0.717, 1.165) is 16.9 Å². The Morgan fingerprint density at radius 3 is 2.49 bits per heavy atom. The number of nitrogens with zero attached hydrogens (tertiary/aromatic N) is 3. The Bertz CT molecular complexity index is 1480. The van der Waals surface area contributed by atoms with Crippen molar-refractivity contribution in [2.45, 2.75) is 19.3 Å². The molecule has 0 N–H and O–H groups in total. The van der Waals surface area contributed by atoms with Crippen LogP contribution in [0.25, 0.3) is 22.3 Å². The number of anilines is 1. The number of carbonyl (C=O) groups is 2. The summed E-state index contributed by atoms with van der Waals surface area (Å²) in [5.41, 5.74) is 4.99. The molecule has 0 aliphatic carbocycles. The van der Waals surface area contributed by atoms with Gasteiger partial charge in [-0.3, -0.25) is 9.78 Å². The molecule has 35 heavy (non-hydrogen) atoms. The molecule has 0 bridgehead atoms. The van der Waals surface area contributed by atoms with Gasteiger partial charge < -0.3 is 9.64 Å². The van der Waals surface area contributed by atoms with Crippen LogP contribution in [-0.4, -0.2) is 35.4 Å². The van der Waals surface area contributed by atoms with Crippen molar-refractivity contribution in [1.82, 2.24) is 9.97 Å². The summed E-state index contributed by atoms with van der Waals surface area (Å²) in [6.45, 7) is 3.82. The van der Waals surface area contributed by atoms with Gasteiger partial charge in [-0.05, 0) is 35.9 Å². The van der Waals surface area contributed by atoms with Crippen molar-refractivity contribution in [3.63, 3.8) is 0 Å². The second kappa shape index (κ2) is 8.80. The Morgan fingerprint density at radius 1 is 0.971 bits per heavy atom. The molecular weight excluding hydrogens is 438 g/mol. The van der Waals surface area contributed by atoms with Crippen LogP contribution in [-0.2, 0) is 14.9 Å². The van der Waals surface area contributed by atoms with Gasteiger partial charge in [-0.1, -0.05) is 56.3 Å². The van der Waals surface area contributed by atoms with Crippen LogP contribution in [0.1, 0.15) is 29.8 Å². The maximum Gasteiger partial charge on any atom is 0.339 e. The highest BCUT2D eigenvalue weighted by atomic mass is 16.5. The van der Waals surface area contributed by atoms with Crippen molar-refractivity contribution in [2.75, 3.05) is 18.6 Å². The second-order valence-electron chi connectivity index (χ2n) is 9.06. The molecule has 0 radical (unpaired) electrons. The minimum atomic E-state index is -0.574. The fourth-order valence-electron chi connectivity index (χ4n) is 4.66. The number of rotatable bonds is 5. The number of pyridine rings is 2. The number of hydrogen-bond donors (Lipinski definition) is 0. The molecule has 6 nitrogen and oxygen atoms in total. The number of hydrogen-bond acceptors (Lipinski definition) is 6. The number of aromatic nitrogens is 2. The van der Waals surface area contributed by atoms with E-state index in [4.69, 9.17) is 4.74 Å². The van der Waals surface area contributed by atoms with Gasteiger partial charge in [-0.25, -0.2) is 9.78 Å². The molecule has 1 aliphatic heterocycles. The van der Waals surface area contributed by atoms with E-state index in [9.17, 15) is 9.59 Å². The lowest BCUT2D eigenvalue weighted by atomic mass is 9.83. The number of esters is 1. The van der Waals surface area contributed by atoms with Crippen LogP contribution in [0, 0.1) is 0 Å². The molecule has 0 fully saturated rings. The first-order valence-electron chi connectivity index (χ1n) is 11.4. The Labute approximate surface area is 203 Å². The topological polar surface area (TPSA) is 72.4 Å². The minimum Gasteiger partial charge on any atom is -0.454 e. The van der Waals surface area contributed by atoms with E-state index in [1.54, 1.807) is 18.3 Å². The van der Waals surface area contributed by atoms with E-state index in [2.05, 4.69) is 29.9 Å². The Morgan fingerprint density at radius 2 is 1.71 bits per heavy atom. The normalized spacial score (nSPS) is 15.3. The first kappa shape index (κ1) is 22.5. The van der Waals surface area contributed by atoms with Crippen LogP contribution in [0.4, 0.5) is 5.69 Å². The van der Waals surface area contributed by atoms with Crippen LogP contribution < -0.4 is 4.90 Å². The van der Waals surface area contributed by atoms with Gasteiger partial charge in [0.25, 0.3) is 0 Å². The van der Waals surface area contributed by atoms with Crippen LogP contribution in [0.3, 0.4) is 0 Å². The standard InChI is InChI=1S/C29H25N3O3/c1-29(2)22-11-5-7-14-26(22)32(3)27(29)16-19(33)18-35-28(34)21-17-25(24-13-8-9-15-30-24)31-23-12-6-4-10-20(21)23/h4-17H,18H2,1-3H3. The van der Waals surface area contributed by atoms with Crippen molar-refractivity contribution >= 4 is 28.3 Å². The molecule has 2 aromatic heterocycles. The van der Waals surface area contributed by atoms with Gasteiger partial charge >= 0.3 is 5.97 Å². The van der Waals surface area contributed by atoms with Crippen molar-refractivity contribution in [3.8, 4) is 11.4 Å². The van der Waals surface area contributed by atoms with Crippen LogP contribution in [0.5, 0.6) is 0 Å². The molecule has 6 heteroatoms. The molecular formula is C29H25N3O3. The monoisotopic (exact) mass is 463 g/mol. The highest BCUT2D eigenvalue weighted by Gasteiger charge is 2.38. The fraction of sp³-hybridized carbons (Fsp3) is 0.172. The summed E-state index contributed by atoms with van der Waals surface area (Å²) in [4.78, 5) is 37.0. The molecule has 0 atom stereocenters. The van der Waals surface area contributed by atoms with Gasteiger partial charge in [0.2, 0.25) is 0 Å². The molecule has 5 rings (SSSR count). The molecule has 0 spiro atoms. The lowest BCUT2D eigenvalue weighted by Crippen LogP contribution is -2.25. The maximum absolute atomic E-state index is 13.1. The third kappa shape index (κ3) is 4.08. The molecule has 4 aromatic rings. The Balaban J connectivity index is 1.39. The first-order valence-corrected chi connectivity index (χ1v) is 11.4. The fourth-order valence-corrected chi connectivity index (χ4v) is 4.66. The Hall–Kier alpha value is -4.32. The summed E-state index contributed by atoms with van der Waals surface area (Å²) in [5.74, 6) is -0.848. The number of allylic oxidation sites excluding steroid dienone is 1. The average molecular weight is 464 g/mol. The number of carbonyl (C=O) groups excluding carboxylic acids is 2. The number of fused-ring (bicyclic) bond motifs is 2. The third-order valence-corrected chi connectivity index (χ3v) is 6.45. The van der Waals surface area contributed by atoms with E-state index in [-0.39, 0.29) is 17.8 Å². The highest BCUT2D eigenvalue weighted by Crippen LogP contribution is 2.46. The molecule has 0 unspecified atom stereocenters. The SMILES string of the molecule is CN1C(=CC(=O)COC(=O)c2cc(-c3ccccn3)nc3ccccc23)C(C)(C)c2ccccc21. The maximum atomic E-state index is 13.1. The quantitative estimate of drug-likeness (QED) is 0.294. The molecule has 174 valence electrons. The summed E-state index contributed by atoms with van der Waals surface area (Å²) >= 11 is 0. The van der Waals surface area contributed by atoms with Crippen molar-refractivity contribution < 1.29 is 14.3 Å². The average Bonchev–Trinajstić information content (AvgIpc) is 3.07. The molecule has 0 saturated heterocycles. The zero-order valence-electron chi connectivity index (χ0n) is 19.9. The van der Waals surface area contributed by atoms with Crippen molar-refractivity contribution in [2.24, 2.45) is 0 Å². The minimum absolute atomic E-state index is 0.274. The predicted octanol–water partition coefficient (Wildman–Crippen LogP) is 5.33. The summed E-state index contributed by atoms with van der Waals surface area (Å²) in [5, 5.41) is 0.662. The van der Waals surface area contributed by atoms with Gasteiger partial charge in [0.05, 0.1) is 22.5 Å². The van der Waals surface area contributed by atoms with Gasteiger partial charge in [-0.15, -0.1) is 0 Å². The molecule has 0 saturated carbocycles. The van der Waals surface area contributed by atoms with Crippen LogP contribution in [0.15, 0.2) is 90.8 Å². The Kier molecular flexibility index (Phi) is 5.65. The van der Waals surface area contributed by atoms with E-state index in [1.807, 2.05) is 72.6 Å². The lowest BCUT2D eigenvalue weighted by molar-refractivity contribution is -0.117. The summed E-state index contributed by atoms with van der Waals surface area (Å²) in [6, 6.07) is 22.6. The van der Waals surface area contributed by atoms with Crippen LogP contribution >= 0.6 is 0 Å². The van der Waals surface area contributed by atoms with E-state index < -0.39 is 5.97 Å². The highest BCUT2D eigenvalue weighted by molar-refractivity contribution is 6.05. The van der Waals surface area contributed by atoms with Crippen molar-refractivity contribution in [3.05, 3.63) is 102 Å². The van der Waals surface area contributed by atoms with Crippen molar-refractivity contribution in [1.29, 1.82) is 0 Å². The van der Waals surface area contributed by atoms with Gasteiger partial charge in [0, 0.05) is 41.5 Å². The lowest BCUT2D eigenvalue weighted by Gasteiger charge is -2.23. The number of benzene rings is 2. The van der Waals surface area contributed by atoms with Gasteiger partial charge in [-0.2, -0.15) is 0 Å². The van der Waals surface area contributed by atoms with Crippen LogP contribution in [0.2, 0.25) is 0 Å². The molecule has 3 heterocycles. The largest absolute Gasteiger partial charge is 0.454 e. The zero-order valence-corrected chi connectivity index (χ0v) is 19.9. The van der Waals surface area contributed by atoms with E-state index in [1.165, 1.54) is 0 Å². The second-order valence-corrected chi connectivity index (χ2v) is 9.06. The predicted molar refractivity (Wildman–Crippen MR) is 136 cm³/mol. The summed E-state index contributed by atoms with van der Waals surface area (Å²) < 4.78 is 5.48. The number of ketones is 1. The van der Waals surface area contributed by atoms with Gasteiger partial charge in [0.15, 0.2) is 12.4 Å². The van der Waals surface area contributed by atoms with E-state index in [0.29, 0.717) is 27.9 Å². The smallest absolute Gasteiger partial charge is 0.339 e. The number of ether oxygens (including phenoxy) is 1. The summed E-state index contributed by atoms with van der Waals surface area (Å²) in [7, 11) is 1.95.